The zero-order valence-corrected chi connectivity index (χ0v) is 17.5. The summed E-state index contributed by atoms with van der Waals surface area (Å²) in [4.78, 5) is 13.7. The van der Waals surface area contributed by atoms with E-state index in [1.165, 1.54) is 10.5 Å². The first-order chi connectivity index (χ1) is 14.7. The molecule has 0 spiro atoms. The number of pyridine rings is 1. The van der Waals surface area contributed by atoms with Crippen LogP contribution in [0.25, 0.3) is 11.2 Å². The van der Waals surface area contributed by atoms with Gasteiger partial charge in [-0.1, -0.05) is 29.8 Å². The van der Waals surface area contributed by atoms with Crippen LogP contribution in [-0.4, -0.2) is 57.5 Å². The quantitative estimate of drug-likeness (QED) is 0.637. The highest BCUT2D eigenvalue weighted by molar-refractivity contribution is 7.99. The van der Waals surface area contributed by atoms with E-state index in [0.29, 0.717) is 35.8 Å². The zero-order chi connectivity index (χ0) is 20.2. The summed E-state index contributed by atoms with van der Waals surface area (Å²) in [6.45, 7) is 0.802. The summed E-state index contributed by atoms with van der Waals surface area (Å²) in [6.07, 6.45) is -0.682. The Bertz CT molecular complexity index is 1110. The molecule has 3 aliphatic rings. The van der Waals surface area contributed by atoms with Crippen molar-refractivity contribution in [3.8, 4) is 6.01 Å². The number of thioether (sulfide) groups is 1. The fraction of sp³-hybridized carbons (Fsp3) is 0.429. The molecule has 2 N–H and O–H groups in total. The molecule has 1 unspecified atom stereocenters. The van der Waals surface area contributed by atoms with E-state index < -0.39 is 6.29 Å². The topological polar surface area (TPSA) is 89.5 Å². The van der Waals surface area contributed by atoms with Crippen molar-refractivity contribution in [2.45, 2.75) is 35.7 Å². The van der Waals surface area contributed by atoms with Crippen molar-refractivity contribution in [2.24, 2.45) is 5.92 Å². The van der Waals surface area contributed by atoms with Gasteiger partial charge in [-0.3, -0.25) is 0 Å². The van der Waals surface area contributed by atoms with Crippen molar-refractivity contribution in [1.29, 1.82) is 0 Å². The molecule has 0 radical (unpaired) electrons. The lowest BCUT2D eigenvalue weighted by molar-refractivity contribution is -0.123. The Kier molecular flexibility index (Phi) is 4.65. The number of imidazole rings is 1. The van der Waals surface area contributed by atoms with Crippen molar-refractivity contribution in [1.82, 2.24) is 15.0 Å². The summed E-state index contributed by atoms with van der Waals surface area (Å²) < 4.78 is 16.9. The summed E-state index contributed by atoms with van der Waals surface area (Å²) in [5.41, 5.74) is 3.53. The maximum Gasteiger partial charge on any atom is 0.296 e. The Labute approximate surface area is 182 Å². The lowest BCUT2D eigenvalue weighted by atomic mass is 9.96. The number of rotatable bonds is 4. The van der Waals surface area contributed by atoms with Crippen LogP contribution in [-0.2, 0) is 15.9 Å². The summed E-state index contributed by atoms with van der Waals surface area (Å²) in [7, 11) is 0. The number of benzene rings is 1. The number of fused-ring (bicyclic) bond motifs is 3. The number of ether oxygens (including phenoxy) is 3. The molecule has 1 aromatic carbocycles. The third-order valence-electron chi connectivity index (χ3n) is 6.07. The van der Waals surface area contributed by atoms with Crippen molar-refractivity contribution < 1.29 is 19.3 Å². The highest BCUT2D eigenvalue weighted by atomic mass is 35.5. The third kappa shape index (κ3) is 3.18. The van der Waals surface area contributed by atoms with E-state index in [2.05, 4.69) is 34.2 Å². The lowest BCUT2D eigenvalue weighted by Crippen LogP contribution is -2.30. The molecular formula is C21H20ClN3O4S. The number of nitrogens with zero attached hydrogens (tertiary/aromatic N) is 2. The van der Waals surface area contributed by atoms with Crippen LogP contribution in [0.3, 0.4) is 0 Å². The minimum absolute atomic E-state index is 0.0137. The van der Waals surface area contributed by atoms with Gasteiger partial charge in [-0.25, -0.2) is 4.98 Å². The fourth-order valence-electron chi connectivity index (χ4n) is 4.49. The van der Waals surface area contributed by atoms with Crippen LogP contribution < -0.4 is 4.74 Å². The summed E-state index contributed by atoms with van der Waals surface area (Å²) in [6, 6.07) is 10.8. The largest absolute Gasteiger partial charge is 0.458 e. The first-order valence-corrected chi connectivity index (χ1v) is 11.4. The number of aliphatic hydroxyl groups is 1. The van der Waals surface area contributed by atoms with E-state index in [1.54, 1.807) is 0 Å². The van der Waals surface area contributed by atoms with Gasteiger partial charge < -0.3 is 24.3 Å². The molecule has 0 bridgehead atoms. The number of H-pyrrole nitrogens is 1. The van der Waals surface area contributed by atoms with Crippen molar-refractivity contribution >= 4 is 34.5 Å². The molecule has 5 heterocycles. The van der Waals surface area contributed by atoms with E-state index in [1.807, 2.05) is 17.8 Å². The van der Waals surface area contributed by atoms with E-state index in [9.17, 15) is 5.11 Å². The third-order valence-corrected chi connectivity index (χ3v) is 7.65. The molecule has 2 aromatic heterocycles. The fourth-order valence-corrected chi connectivity index (χ4v) is 5.98. The molecule has 5 atom stereocenters. The van der Waals surface area contributed by atoms with Gasteiger partial charge >= 0.3 is 0 Å². The van der Waals surface area contributed by atoms with Crippen molar-refractivity contribution in [3.05, 3.63) is 46.6 Å². The second-order valence-electron chi connectivity index (χ2n) is 7.92. The van der Waals surface area contributed by atoms with Crippen LogP contribution in [0.2, 0.25) is 5.02 Å². The van der Waals surface area contributed by atoms with Crippen LogP contribution in [0.1, 0.15) is 17.2 Å². The minimum Gasteiger partial charge on any atom is -0.458 e. The summed E-state index contributed by atoms with van der Waals surface area (Å²) in [5.74, 6) is 1.41. The predicted molar refractivity (Wildman–Crippen MR) is 112 cm³/mol. The second-order valence-corrected chi connectivity index (χ2v) is 9.39. The van der Waals surface area contributed by atoms with Gasteiger partial charge in [0.2, 0.25) is 0 Å². The number of halogens is 1. The molecule has 9 heteroatoms. The van der Waals surface area contributed by atoms with Gasteiger partial charge in [0, 0.05) is 10.6 Å². The van der Waals surface area contributed by atoms with Crippen LogP contribution in [0, 0.1) is 5.92 Å². The normalized spacial score (nSPS) is 30.0. The highest BCUT2D eigenvalue weighted by Gasteiger charge is 2.48. The molecule has 2 fully saturated rings. The van der Waals surface area contributed by atoms with Gasteiger partial charge in [0.15, 0.2) is 11.9 Å². The molecule has 156 valence electrons. The van der Waals surface area contributed by atoms with E-state index >= 15 is 0 Å². The molecule has 30 heavy (non-hydrogen) atoms. The average molecular weight is 446 g/mol. The van der Waals surface area contributed by atoms with Gasteiger partial charge in [0.1, 0.15) is 12.2 Å². The molecule has 0 amide bonds. The molecule has 7 nitrogen and oxygen atoms in total. The summed E-state index contributed by atoms with van der Waals surface area (Å²) in [5, 5.41) is 10.4. The van der Waals surface area contributed by atoms with Gasteiger partial charge in [0.25, 0.3) is 6.01 Å². The number of hydrogen-bond donors (Lipinski definition) is 2. The second kappa shape index (κ2) is 7.39. The number of aromatic nitrogens is 3. The SMILES string of the molecule is O[C@@H]1OC[C@H]2[C@@H]1OC[C@H]2Oc1nc2nc(CC3CSc4ccccc43)c(Cl)cc2[nH]1. The van der Waals surface area contributed by atoms with Crippen LogP contribution in [0.15, 0.2) is 35.2 Å². The van der Waals surface area contributed by atoms with Crippen LogP contribution >= 0.6 is 23.4 Å². The molecule has 2 saturated heterocycles. The minimum atomic E-state index is -0.888. The van der Waals surface area contributed by atoms with Gasteiger partial charge in [0.05, 0.1) is 35.4 Å². The van der Waals surface area contributed by atoms with Gasteiger partial charge in [-0.15, -0.1) is 11.8 Å². The van der Waals surface area contributed by atoms with Gasteiger partial charge in [-0.2, -0.15) is 4.98 Å². The van der Waals surface area contributed by atoms with E-state index in [-0.39, 0.29) is 18.1 Å². The molecule has 0 aliphatic carbocycles. The highest BCUT2D eigenvalue weighted by Crippen LogP contribution is 2.41. The van der Waals surface area contributed by atoms with Crippen molar-refractivity contribution in [2.75, 3.05) is 19.0 Å². The van der Waals surface area contributed by atoms with E-state index in [4.69, 9.17) is 30.8 Å². The monoisotopic (exact) mass is 445 g/mol. The summed E-state index contributed by atoms with van der Waals surface area (Å²) >= 11 is 8.44. The van der Waals surface area contributed by atoms with Crippen molar-refractivity contribution in [3.63, 3.8) is 0 Å². The molecule has 6 rings (SSSR count). The standard InChI is InChI=1S/C21H20ClN3O4S/c22-13-6-15-19(23-14(13)5-10-9-30-17-4-2-1-3-11(10)17)25-21(24-15)29-16-8-27-18-12(16)7-28-20(18)26/h1-4,6,10,12,16,18,20,26H,5,7-9H2,(H,23,24,25)/t10?,12-,16-,18+,20-/m1/s1. The van der Waals surface area contributed by atoms with Crippen LogP contribution in [0.4, 0.5) is 0 Å². The van der Waals surface area contributed by atoms with E-state index in [0.717, 1.165) is 23.4 Å². The molecule has 3 aliphatic heterocycles. The smallest absolute Gasteiger partial charge is 0.296 e. The first kappa shape index (κ1) is 18.9. The molecule has 3 aromatic rings. The Morgan fingerprint density at radius 2 is 2.13 bits per heavy atom. The number of aromatic amines is 1. The zero-order valence-electron chi connectivity index (χ0n) is 16.0. The number of aliphatic hydroxyl groups excluding tert-OH is 1. The Morgan fingerprint density at radius 1 is 1.23 bits per heavy atom. The molecule has 0 saturated carbocycles. The van der Waals surface area contributed by atoms with Crippen LogP contribution in [0.5, 0.6) is 6.01 Å². The number of hydrogen-bond acceptors (Lipinski definition) is 7. The Hall–Kier alpha value is -1.84. The first-order valence-electron chi connectivity index (χ1n) is 10.0. The predicted octanol–water partition coefficient (Wildman–Crippen LogP) is 3.15. The maximum atomic E-state index is 9.78. The van der Waals surface area contributed by atoms with Gasteiger partial charge in [-0.05, 0) is 30.0 Å². The average Bonchev–Trinajstić information content (AvgIpc) is 3.49. The lowest BCUT2D eigenvalue weighted by Gasteiger charge is -2.14. The Balaban J connectivity index is 1.23. The number of nitrogens with one attached hydrogen (secondary N) is 1. The molecular weight excluding hydrogens is 426 g/mol. The maximum absolute atomic E-state index is 9.78. The Morgan fingerprint density at radius 3 is 3.07 bits per heavy atom.